The Balaban J connectivity index is 2.25. The fraction of sp³-hybridized carbons (Fsp3) is 0.400. The van der Waals surface area contributed by atoms with E-state index in [0.29, 0.717) is 18.8 Å². The molecule has 0 unspecified atom stereocenters. The largest absolute Gasteiger partial charge is 0.466 e. The summed E-state index contributed by atoms with van der Waals surface area (Å²) in [7, 11) is 0. The molecule has 2 aromatic rings. The minimum atomic E-state index is 0.0581. The maximum Gasteiger partial charge on any atom is 0.257 e. The Labute approximate surface area is 117 Å². The molecule has 4 heteroatoms. The molecule has 0 aliphatic rings. The molecule has 0 radical (unpaired) electrons. The van der Waals surface area contributed by atoms with Crippen LogP contribution >= 0.6 is 11.3 Å². The van der Waals surface area contributed by atoms with Crippen LogP contribution in [0.3, 0.4) is 0 Å². The Kier molecular flexibility index (Phi) is 4.10. The average molecular weight is 277 g/mol. The van der Waals surface area contributed by atoms with Gasteiger partial charge in [0.15, 0.2) is 0 Å². The summed E-state index contributed by atoms with van der Waals surface area (Å²) < 4.78 is 5.55. The molecule has 0 atom stereocenters. The second-order valence-electron chi connectivity index (χ2n) is 4.61. The smallest absolute Gasteiger partial charge is 0.257 e. The highest BCUT2D eigenvalue weighted by molar-refractivity contribution is 7.09. The van der Waals surface area contributed by atoms with Crippen molar-refractivity contribution in [3.8, 4) is 0 Å². The highest BCUT2D eigenvalue weighted by Crippen LogP contribution is 2.23. The fourth-order valence-electron chi connectivity index (χ4n) is 2.18. The lowest BCUT2D eigenvalue weighted by atomic mass is 10.1. The first-order chi connectivity index (χ1) is 9.04. The van der Waals surface area contributed by atoms with Crippen molar-refractivity contribution < 1.29 is 9.21 Å². The van der Waals surface area contributed by atoms with Gasteiger partial charge in [0.05, 0.1) is 12.1 Å². The lowest BCUT2D eigenvalue weighted by molar-refractivity contribution is 0.0752. The van der Waals surface area contributed by atoms with Gasteiger partial charge in [-0.1, -0.05) is 6.07 Å². The number of rotatable bonds is 4. The number of carbonyl (C=O) groups excluding carboxylic acids is 1. The van der Waals surface area contributed by atoms with Gasteiger partial charge in [0, 0.05) is 17.0 Å². The number of amides is 1. The number of furan rings is 1. The van der Waals surface area contributed by atoms with Crippen molar-refractivity contribution >= 4 is 17.2 Å². The Bertz CT molecular complexity index is 569. The van der Waals surface area contributed by atoms with Gasteiger partial charge in [-0.25, -0.2) is 0 Å². The molecule has 2 aromatic heterocycles. The van der Waals surface area contributed by atoms with E-state index < -0.39 is 0 Å². The molecule has 2 heterocycles. The molecule has 3 nitrogen and oxygen atoms in total. The Morgan fingerprint density at radius 2 is 2.05 bits per heavy atom. The van der Waals surface area contributed by atoms with Crippen LogP contribution in [0.4, 0.5) is 0 Å². The molecule has 0 bridgehead atoms. The maximum absolute atomic E-state index is 12.6. The summed E-state index contributed by atoms with van der Waals surface area (Å²) >= 11 is 1.68. The topological polar surface area (TPSA) is 33.5 Å². The van der Waals surface area contributed by atoms with Gasteiger partial charge in [-0.3, -0.25) is 4.79 Å². The summed E-state index contributed by atoms with van der Waals surface area (Å²) in [5.74, 6) is 1.60. The third kappa shape index (κ3) is 2.73. The van der Waals surface area contributed by atoms with Crippen LogP contribution in [0.5, 0.6) is 0 Å². The predicted octanol–water partition coefficient (Wildman–Crippen LogP) is 3.93. The van der Waals surface area contributed by atoms with E-state index in [-0.39, 0.29) is 5.91 Å². The van der Waals surface area contributed by atoms with Crippen molar-refractivity contribution in [2.45, 2.75) is 34.2 Å². The van der Waals surface area contributed by atoms with E-state index in [1.54, 1.807) is 11.3 Å². The zero-order chi connectivity index (χ0) is 14.0. The summed E-state index contributed by atoms with van der Waals surface area (Å²) in [5, 5.41) is 2.03. The summed E-state index contributed by atoms with van der Waals surface area (Å²) in [4.78, 5) is 15.7. The van der Waals surface area contributed by atoms with Crippen molar-refractivity contribution in [1.29, 1.82) is 0 Å². The van der Waals surface area contributed by atoms with E-state index >= 15 is 0 Å². The molecule has 102 valence electrons. The lowest BCUT2D eigenvalue weighted by Crippen LogP contribution is -2.30. The maximum atomic E-state index is 12.6. The number of hydrogen-bond donors (Lipinski definition) is 0. The van der Waals surface area contributed by atoms with E-state index in [2.05, 4.69) is 6.07 Å². The van der Waals surface area contributed by atoms with Gasteiger partial charge in [-0.05, 0) is 39.1 Å². The van der Waals surface area contributed by atoms with Gasteiger partial charge < -0.3 is 9.32 Å². The quantitative estimate of drug-likeness (QED) is 0.848. The second-order valence-corrected chi connectivity index (χ2v) is 5.65. The molecule has 0 aliphatic heterocycles. The van der Waals surface area contributed by atoms with E-state index in [9.17, 15) is 4.79 Å². The van der Waals surface area contributed by atoms with Crippen LogP contribution in [0, 0.1) is 20.8 Å². The molecule has 0 saturated heterocycles. The minimum Gasteiger partial charge on any atom is -0.466 e. The van der Waals surface area contributed by atoms with E-state index in [1.165, 1.54) is 4.88 Å². The van der Waals surface area contributed by atoms with Gasteiger partial charge in [-0.15, -0.1) is 11.3 Å². The van der Waals surface area contributed by atoms with Crippen molar-refractivity contribution in [1.82, 2.24) is 4.90 Å². The van der Waals surface area contributed by atoms with Crippen LogP contribution in [0.15, 0.2) is 21.9 Å². The van der Waals surface area contributed by atoms with Crippen molar-refractivity contribution in [3.05, 3.63) is 45.0 Å². The molecule has 0 saturated carbocycles. The monoisotopic (exact) mass is 277 g/mol. The van der Waals surface area contributed by atoms with Crippen LogP contribution < -0.4 is 0 Å². The van der Waals surface area contributed by atoms with Gasteiger partial charge in [0.25, 0.3) is 5.91 Å². The normalized spacial score (nSPS) is 10.7. The SMILES string of the molecule is CCN(Cc1cccs1)C(=O)c1c(C)oc(C)c1C. The van der Waals surface area contributed by atoms with Gasteiger partial charge in [0.1, 0.15) is 11.5 Å². The average Bonchev–Trinajstić information content (AvgIpc) is 2.96. The molecule has 0 aliphatic carbocycles. The third-order valence-electron chi connectivity index (χ3n) is 3.37. The van der Waals surface area contributed by atoms with Gasteiger partial charge in [0.2, 0.25) is 0 Å². The summed E-state index contributed by atoms with van der Waals surface area (Å²) in [6.45, 7) is 9.05. The summed E-state index contributed by atoms with van der Waals surface area (Å²) in [6, 6.07) is 4.07. The number of nitrogens with zero attached hydrogens (tertiary/aromatic N) is 1. The Morgan fingerprint density at radius 1 is 1.32 bits per heavy atom. The predicted molar refractivity (Wildman–Crippen MR) is 77.7 cm³/mol. The minimum absolute atomic E-state index is 0.0581. The molecule has 1 amide bonds. The van der Waals surface area contributed by atoms with Crippen LogP contribution in [-0.2, 0) is 6.54 Å². The molecule has 0 N–H and O–H groups in total. The summed E-state index contributed by atoms with van der Waals surface area (Å²) in [5.41, 5.74) is 1.67. The van der Waals surface area contributed by atoms with Crippen molar-refractivity contribution in [2.75, 3.05) is 6.54 Å². The lowest BCUT2D eigenvalue weighted by Gasteiger charge is -2.20. The molecular formula is C15H19NO2S. The van der Waals surface area contributed by atoms with Gasteiger partial charge in [-0.2, -0.15) is 0 Å². The highest BCUT2D eigenvalue weighted by Gasteiger charge is 2.23. The highest BCUT2D eigenvalue weighted by atomic mass is 32.1. The molecular weight excluding hydrogens is 258 g/mol. The first-order valence-electron chi connectivity index (χ1n) is 6.42. The Hall–Kier alpha value is -1.55. The van der Waals surface area contributed by atoms with Crippen LogP contribution in [0.25, 0.3) is 0 Å². The molecule has 0 fully saturated rings. The van der Waals surface area contributed by atoms with Crippen LogP contribution in [-0.4, -0.2) is 17.4 Å². The van der Waals surface area contributed by atoms with E-state index in [4.69, 9.17) is 4.42 Å². The number of thiophene rings is 1. The first-order valence-corrected chi connectivity index (χ1v) is 7.30. The number of hydrogen-bond acceptors (Lipinski definition) is 3. The summed E-state index contributed by atoms with van der Waals surface area (Å²) in [6.07, 6.45) is 0. The Morgan fingerprint density at radius 3 is 2.53 bits per heavy atom. The van der Waals surface area contributed by atoms with Crippen LogP contribution in [0.2, 0.25) is 0 Å². The van der Waals surface area contributed by atoms with Crippen LogP contribution in [0.1, 0.15) is 39.2 Å². The fourth-order valence-corrected chi connectivity index (χ4v) is 2.90. The standard InChI is InChI=1S/C15H19NO2S/c1-5-16(9-13-7-6-8-19-13)15(17)14-10(2)11(3)18-12(14)4/h6-8H,5,9H2,1-4H3. The second kappa shape index (κ2) is 5.61. The van der Waals surface area contributed by atoms with Crippen molar-refractivity contribution in [3.63, 3.8) is 0 Å². The third-order valence-corrected chi connectivity index (χ3v) is 4.23. The number of aryl methyl sites for hydroxylation is 2. The van der Waals surface area contributed by atoms with E-state index in [1.807, 2.05) is 44.0 Å². The van der Waals surface area contributed by atoms with Crippen molar-refractivity contribution in [2.24, 2.45) is 0 Å². The van der Waals surface area contributed by atoms with E-state index in [0.717, 1.165) is 16.9 Å². The first kappa shape index (κ1) is 13.9. The molecule has 0 aromatic carbocycles. The molecule has 2 rings (SSSR count). The number of carbonyl (C=O) groups is 1. The molecule has 19 heavy (non-hydrogen) atoms. The zero-order valence-electron chi connectivity index (χ0n) is 11.8. The molecule has 0 spiro atoms. The van der Waals surface area contributed by atoms with Gasteiger partial charge >= 0.3 is 0 Å². The zero-order valence-corrected chi connectivity index (χ0v) is 12.6.